The molecule has 0 radical (unpaired) electrons. The lowest BCUT2D eigenvalue weighted by molar-refractivity contribution is -0.120. The smallest absolute Gasteiger partial charge is 0.133 e. The lowest BCUT2D eigenvalue weighted by Crippen LogP contribution is -2.10. The molecule has 1 nitrogen and oxygen atoms in total. The largest absolute Gasteiger partial charge is 0.300 e. The van der Waals surface area contributed by atoms with Crippen LogP contribution in [0.4, 0.5) is 0 Å². The molecule has 0 aliphatic rings. The van der Waals surface area contributed by atoms with Crippen LogP contribution in [-0.2, 0) is 4.79 Å². The molecule has 0 aromatic rings. The molecule has 12 heavy (non-hydrogen) atoms. The number of Topliss-reactive ketones (excluding diaryl/α,β-unsaturated/α-hetero) is 1. The minimum atomic E-state index is 0.298. The van der Waals surface area contributed by atoms with Gasteiger partial charge in [0, 0.05) is 12.8 Å². The topological polar surface area (TPSA) is 17.1 Å². The molecule has 0 aliphatic heterocycles. The zero-order valence-corrected chi connectivity index (χ0v) is 9.11. The Hall–Kier alpha value is -0.330. The second-order valence-corrected chi connectivity index (χ2v) is 5.20. The van der Waals surface area contributed by atoms with Crippen LogP contribution in [0, 0.1) is 11.3 Å². The highest BCUT2D eigenvalue weighted by Crippen LogP contribution is 2.21. The summed E-state index contributed by atoms with van der Waals surface area (Å²) in [6.07, 6.45) is 2.51. The first kappa shape index (κ1) is 11.7. The molecule has 0 aromatic heterocycles. The zero-order valence-electron chi connectivity index (χ0n) is 9.11. The van der Waals surface area contributed by atoms with Crippen molar-refractivity contribution in [2.45, 2.75) is 53.9 Å². The van der Waals surface area contributed by atoms with Crippen molar-refractivity contribution in [2.24, 2.45) is 11.3 Å². The van der Waals surface area contributed by atoms with Gasteiger partial charge in [-0.15, -0.1) is 0 Å². The Morgan fingerprint density at radius 1 is 1.25 bits per heavy atom. The van der Waals surface area contributed by atoms with E-state index in [2.05, 4.69) is 34.6 Å². The van der Waals surface area contributed by atoms with E-state index in [0.29, 0.717) is 17.1 Å². The molecule has 0 heterocycles. The van der Waals surface area contributed by atoms with Crippen LogP contribution in [0.15, 0.2) is 0 Å². The van der Waals surface area contributed by atoms with Gasteiger partial charge in [-0.25, -0.2) is 0 Å². The minimum Gasteiger partial charge on any atom is -0.300 e. The molecule has 0 aromatic carbocycles. The first-order valence-corrected chi connectivity index (χ1v) is 4.83. The highest BCUT2D eigenvalue weighted by molar-refractivity contribution is 5.78. The lowest BCUT2D eigenvalue weighted by Gasteiger charge is -2.17. The van der Waals surface area contributed by atoms with E-state index in [4.69, 9.17) is 0 Å². The maximum atomic E-state index is 11.3. The number of hydrogen-bond donors (Lipinski definition) is 0. The third-order valence-corrected chi connectivity index (χ3v) is 1.79. The van der Waals surface area contributed by atoms with E-state index < -0.39 is 0 Å². The van der Waals surface area contributed by atoms with Crippen molar-refractivity contribution in [3.63, 3.8) is 0 Å². The van der Waals surface area contributed by atoms with Crippen LogP contribution >= 0.6 is 0 Å². The highest BCUT2D eigenvalue weighted by Gasteiger charge is 2.13. The van der Waals surface area contributed by atoms with Gasteiger partial charge in [0.2, 0.25) is 0 Å². The van der Waals surface area contributed by atoms with Gasteiger partial charge in [0.15, 0.2) is 0 Å². The van der Waals surface area contributed by atoms with Gasteiger partial charge in [-0.05, 0) is 17.8 Å². The van der Waals surface area contributed by atoms with E-state index in [0.717, 1.165) is 19.3 Å². The second kappa shape index (κ2) is 4.64. The fraction of sp³-hybridized carbons (Fsp3) is 0.909. The molecular weight excluding hydrogens is 148 g/mol. The number of carbonyl (C=O) groups is 1. The van der Waals surface area contributed by atoms with E-state index >= 15 is 0 Å². The number of carbonyl (C=O) groups excluding carboxylic acids is 1. The van der Waals surface area contributed by atoms with Crippen molar-refractivity contribution >= 4 is 5.78 Å². The zero-order chi connectivity index (χ0) is 9.78. The molecule has 0 fully saturated rings. The van der Waals surface area contributed by atoms with Gasteiger partial charge < -0.3 is 0 Å². The fourth-order valence-electron chi connectivity index (χ4n) is 1.07. The standard InChI is InChI=1S/C11H22O/c1-9(2)8-10(12)6-7-11(3,4)5/h9H,6-8H2,1-5H3. The molecule has 0 rings (SSSR count). The Labute approximate surface area is 76.6 Å². The van der Waals surface area contributed by atoms with Crippen LogP contribution in [-0.4, -0.2) is 5.78 Å². The van der Waals surface area contributed by atoms with Crippen LogP contribution in [0.25, 0.3) is 0 Å². The quantitative estimate of drug-likeness (QED) is 0.631. The number of ketones is 1. The third-order valence-electron chi connectivity index (χ3n) is 1.79. The lowest BCUT2D eigenvalue weighted by atomic mass is 9.88. The molecule has 0 aliphatic carbocycles. The maximum absolute atomic E-state index is 11.3. The Morgan fingerprint density at radius 2 is 1.75 bits per heavy atom. The molecule has 0 unspecified atom stereocenters. The van der Waals surface area contributed by atoms with Crippen molar-refractivity contribution in [2.75, 3.05) is 0 Å². The van der Waals surface area contributed by atoms with Gasteiger partial charge in [0.05, 0.1) is 0 Å². The van der Waals surface area contributed by atoms with E-state index in [1.165, 1.54) is 0 Å². The average molecular weight is 170 g/mol. The molecule has 0 saturated heterocycles. The van der Waals surface area contributed by atoms with Crippen LogP contribution in [0.3, 0.4) is 0 Å². The Morgan fingerprint density at radius 3 is 2.08 bits per heavy atom. The Bertz CT molecular complexity index is 140. The monoisotopic (exact) mass is 170 g/mol. The van der Waals surface area contributed by atoms with Gasteiger partial charge >= 0.3 is 0 Å². The highest BCUT2D eigenvalue weighted by atomic mass is 16.1. The van der Waals surface area contributed by atoms with Gasteiger partial charge in [-0.3, -0.25) is 4.79 Å². The van der Waals surface area contributed by atoms with E-state index in [1.807, 2.05) is 0 Å². The SMILES string of the molecule is CC(C)CC(=O)CCC(C)(C)C. The number of rotatable bonds is 4. The van der Waals surface area contributed by atoms with Crippen LogP contribution in [0.5, 0.6) is 0 Å². The maximum Gasteiger partial charge on any atom is 0.133 e. The summed E-state index contributed by atoms with van der Waals surface area (Å²) in [6.45, 7) is 10.7. The van der Waals surface area contributed by atoms with Crippen LogP contribution in [0.2, 0.25) is 0 Å². The predicted molar refractivity (Wildman–Crippen MR) is 53.2 cm³/mol. The molecular formula is C11H22O. The minimum absolute atomic E-state index is 0.298. The third kappa shape index (κ3) is 7.77. The molecule has 0 spiro atoms. The molecule has 0 atom stereocenters. The number of hydrogen-bond acceptors (Lipinski definition) is 1. The fourth-order valence-corrected chi connectivity index (χ4v) is 1.07. The first-order valence-electron chi connectivity index (χ1n) is 4.83. The normalized spacial score (nSPS) is 12.2. The molecule has 1 heteroatoms. The van der Waals surface area contributed by atoms with Crippen molar-refractivity contribution in [3.05, 3.63) is 0 Å². The average Bonchev–Trinajstić information content (AvgIpc) is 1.80. The van der Waals surface area contributed by atoms with Crippen molar-refractivity contribution in [1.29, 1.82) is 0 Å². The van der Waals surface area contributed by atoms with E-state index in [-0.39, 0.29) is 0 Å². The molecule has 0 N–H and O–H groups in total. The van der Waals surface area contributed by atoms with Crippen molar-refractivity contribution in [3.8, 4) is 0 Å². The van der Waals surface area contributed by atoms with Crippen LogP contribution < -0.4 is 0 Å². The first-order chi connectivity index (χ1) is 5.31. The summed E-state index contributed by atoms with van der Waals surface area (Å²) >= 11 is 0. The summed E-state index contributed by atoms with van der Waals surface area (Å²) < 4.78 is 0. The summed E-state index contributed by atoms with van der Waals surface area (Å²) in [6, 6.07) is 0. The van der Waals surface area contributed by atoms with E-state index in [9.17, 15) is 4.79 Å². The van der Waals surface area contributed by atoms with Gasteiger partial charge in [-0.1, -0.05) is 34.6 Å². The van der Waals surface area contributed by atoms with Gasteiger partial charge in [0.1, 0.15) is 5.78 Å². The molecule has 0 bridgehead atoms. The summed E-state index contributed by atoms with van der Waals surface area (Å²) in [5.74, 6) is 0.928. The second-order valence-electron chi connectivity index (χ2n) is 5.20. The van der Waals surface area contributed by atoms with Gasteiger partial charge in [-0.2, -0.15) is 0 Å². The van der Waals surface area contributed by atoms with E-state index in [1.54, 1.807) is 0 Å². The molecule has 72 valence electrons. The predicted octanol–water partition coefficient (Wildman–Crippen LogP) is 3.43. The summed E-state index contributed by atoms with van der Waals surface area (Å²) in [5.41, 5.74) is 0.298. The molecule has 0 saturated carbocycles. The summed E-state index contributed by atoms with van der Waals surface area (Å²) in [5, 5.41) is 0. The van der Waals surface area contributed by atoms with Crippen molar-refractivity contribution < 1.29 is 4.79 Å². The van der Waals surface area contributed by atoms with Crippen LogP contribution in [0.1, 0.15) is 53.9 Å². The summed E-state index contributed by atoms with van der Waals surface area (Å²) in [7, 11) is 0. The molecule has 0 amide bonds. The Kier molecular flexibility index (Phi) is 4.51. The summed E-state index contributed by atoms with van der Waals surface area (Å²) in [4.78, 5) is 11.3. The van der Waals surface area contributed by atoms with Crippen molar-refractivity contribution in [1.82, 2.24) is 0 Å². The Balaban J connectivity index is 3.58. The van der Waals surface area contributed by atoms with Gasteiger partial charge in [0.25, 0.3) is 0 Å².